The molecule has 13 heavy (non-hydrogen) atoms. The summed E-state index contributed by atoms with van der Waals surface area (Å²) in [6.45, 7) is 6.28. The third-order valence-corrected chi connectivity index (χ3v) is 4.00. The van der Waals surface area contributed by atoms with Crippen molar-refractivity contribution in [3.05, 3.63) is 0 Å². The summed E-state index contributed by atoms with van der Waals surface area (Å²) in [5.41, 5.74) is 5.46. The van der Waals surface area contributed by atoms with E-state index in [0.717, 1.165) is 5.75 Å². The Kier molecular flexibility index (Phi) is 3.08. The maximum absolute atomic E-state index is 8.46. The number of oxime groups is 1. The number of nitrogens with one attached hydrogen (secondary N) is 1. The monoisotopic (exact) mass is 203 g/mol. The molecule has 2 atom stereocenters. The van der Waals surface area contributed by atoms with Crippen molar-refractivity contribution < 1.29 is 5.21 Å². The second-order valence-electron chi connectivity index (χ2n) is 3.88. The second kappa shape index (κ2) is 3.75. The van der Waals surface area contributed by atoms with Crippen LogP contribution in [0.4, 0.5) is 0 Å². The van der Waals surface area contributed by atoms with Crippen LogP contribution in [0.25, 0.3) is 0 Å². The van der Waals surface area contributed by atoms with Gasteiger partial charge in [0.25, 0.3) is 0 Å². The lowest BCUT2D eigenvalue weighted by Crippen LogP contribution is -2.59. The van der Waals surface area contributed by atoms with Crippen molar-refractivity contribution in [2.75, 3.05) is 5.75 Å². The number of nitrogens with zero attached hydrogens (tertiary/aromatic N) is 1. The highest BCUT2D eigenvalue weighted by Gasteiger charge is 2.40. The van der Waals surface area contributed by atoms with E-state index in [1.165, 1.54) is 0 Å². The molecule has 0 aromatic carbocycles. The van der Waals surface area contributed by atoms with E-state index in [1.807, 2.05) is 18.7 Å². The van der Waals surface area contributed by atoms with Crippen LogP contribution in [0.1, 0.15) is 20.8 Å². The van der Waals surface area contributed by atoms with Crippen molar-refractivity contribution in [2.24, 2.45) is 10.9 Å². The summed E-state index contributed by atoms with van der Waals surface area (Å²) in [6, 6.07) is 0.392. The highest BCUT2D eigenvalue weighted by molar-refractivity contribution is 8.02. The van der Waals surface area contributed by atoms with Crippen molar-refractivity contribution in [2.45, 2.75) is 37.6 Å². The van der Waals surface area contributed by atoms with Crippen molar-refractivity contribution in [3.8, 4) is 0 Å². The summed E-state index contributed by atoms with van der Waals surface area (Å²) in [5, 5.41) is 14.8. The van der Waals surface area contributed by atoms with Gasteiger partial charge in [0.15, 0.2) is 5.84 Å². The zero-order chi connectivity index (χ0) is 10.1. The molecule has 0 saturated carbocycles. The summed E-state index contributed by atoms with van der Waals surface area (Å²) in [7, 11) is 0. The molecule has 2 unspecified atom stereocenters. The van der Waals surface area contributed by atoms with Crippen LogP contribution in [0.15, 0.2) is 5.16 Å². The van der Waals surface area contributed by atoms with Gasteiger partial charge in [0.05, 0.1) is 6.04 Å². The molecule has 1 fully saturated rings. The Hall–Kier alpha value is -0.420. The van der Waals surface area contributed by atoms with E-state index in [2.05, 4.69) is 24.3 Å². The maximum Gasteiger partial charge on any atom is 0.156 e. The molecular formula is C8H17N3OS. The molecule has 1 heterocycles. The Morgan fingerprint density at radius 1 is 1.77 bits per heavy atom. The third kappa shape index (κ3) is 2.28. The second-order valence-corrected chi connectivity index (χ2v) is 5.55. The van der Waals surface area contributed by atoms with E-state index >= 15 is 0 Å². The van der Waals surface area contributed by atoms with Crippen LogP contribution in [0.3, 0.4) is 0 Å². The standard InChI is InChI=1S/C8H17N3OS/c1-5(7(9)11-12)10-6-4-13-8(6,2)3/h5-6,10,12H,4H2,1-3H3,(H2,9,11). The molecule has 5 heteroatoms. The first-order valence-corrected chi connectivity index (χ1v) is 5.33. The molecule has 4 N–H and O–H groups in total. The minimum absolute atomic E-state index is 0.0600. The van der Waals surface area contributed by atoms with Crippen LogP contribution in [0.2, 0.25) is 0 Å². The summed E-state index contributed by atoms with van der Waals surface area (Å²) in [5.74, 6) is 1.34. The van der Waals surface area contributed by atoms with Crippen LogP contribution in [0.5, 0.6) is 0 Å². The van der Waals surface area contributed by atoms with Gasteiger partial charge in [0, 0.05) is 16.5 Å². The number of hydrogen-bond acceptors (Lipinski definition) is 4. The number of thioether (sulfide) groups is 1. The normalized spacial score (nSPS) is 29.5. The predicted molar refractivity (Wildman–Crippen MR) is 56.3 cm³/mol. The first-order valence-electron chi connectivity index (χ1n) is 4.35. The van der Waals surface area contributed by atoms with Gasteiger partial charge in [-0.15, -0.1) is 0 Å². The summed E-state index contributed by atoms with van der Waals surface area (Å²) >= 11 is 1.93. The van der Waals surface area contributed by atoms with Gasteiger partial charge in [0.1, 0.15) is 0 Å². The van der Waals surface area contributed by atoms with E-state index in [-0.39, 0.29) is 16.6 Å². The zero-order valence-electron chi connectivity index (χ0n) is 8.24. The highest BCUT2D eigenvalue weighted by Crippen LogP contribution is 2.39. The highest BCUT2D eigenvalue weighted by atomic mass is 32.2. The van der Waals surface area contributed by atoms with Gasteiger partial charge in [0.2, 0.25) is 0 Å². The molecule has 0 aromatic rings. The number of nitrogens with two attached hydrogens (primary N) is 1. The van der Waals surface area contributed by atoms with Gasteiger partial charge in [-0.25, -0.2) is 0 Å². The number of hydrogen-bond donors (Lipinski definition) is 3. The molecule has 1 aliphatic heterocycles. The molecular weight excluding hydrogens is 186 g/mol. The average molecular weight is 203 g/mol. The fourth-order valence-electron chi connectivity index (χ4n) is 1.22. The first-order chi connectivity index (χ1) is 5.97. The van der Waals surface area contributed by atoms with Gasteiger partial charge in [-0.3, -0.25) is 0 Å². The first kappa shape index (κ1) is 10.7. The molecule has 0 spiro atoms. The molecule has 0 bridgehead atoms. The van der Waals surface area contributed by atoms with E-state index < -0.39 is 0 Å². The fourth-order valence-corrected chi connectivity index (χ4v) is 2.39. The van der Waals surface area contributed by atoms with Crippen LogP contribution < -0.4 is 11.1 Å². The van der Waals surface area contributed by atoms with Crippen molar-refractivity contribution >= 4 is 17.6 Å². The zero-order valence-corrected chi connectivity index (χ0v) is 9.06. The van der Waals surface area contributed by atoms with Crippen LogP contribution in [-0.2, 0) is 0 Å². The Bertz CT molecular complexity index is 217. The Balaban J connectivity index is 2.41. The smallest absolute Gasteiger partial charge is 0.156 e. The molecule has 0 amide bonds. The predicted octanol–water partition coefficient (Wildman–Crippen LogP) is 0.605. The van der Waals surface area contributed by atoms with E-state index in [4.69, 9.17) is 10.9 Å². The number of rotatable bonds is 3. The van der Waals surface area contributed by atoms with Gasteiger partial charge >= 0.3 is 0 Å². The minimum atomic E-state index is -0.0600. The van der Waals surface area contributed by atoms with Gasteiger partial charge < -0.3 is 16.3 Å². The lowest BCUT2D eigenvalue weighted by molar-refractivity contribution is 0.313. The molecule has 4 nitrogen and oxygen atoms in total. The summed E-state index contributed by atoms with van der Waals surface area (Å²) in [4.78, 5) is 0. The number of amidine groups is 1. The lowest BCUT2D eigenvalue weighted by atomic mass is 10.0. The molecule has 0 aliphatic carbocycles. The average Bonchev–Trinajstić information content (AvgIpc) is 2.10. The fraction of sp³-hybridized carbons (Fsp3) is 0.875. The molecule has 76 valence electrons. The van der Waals surface area contributed by atoms with Crippen molar-refractivity contribution in [1.29, 1.82) is 0 Å². The molecule has 1 aliphatic rings. The van der Waals surface area contributed by atoms with Crippen molar-refractivity contribution in [1.82, 2.24) is 5.32 Å². The Morgan fingerprint density at radius 2 is 2.38 bits per heavy atom. The molecule has 1 saturated heterocycles. The largest absolute Gasteiger partial charge is 0.409 e. The van der Waals surface area contributed by atoms with Crippen molar-refractivity contribution in [3.63, 3.8) is 0 Å². The van der Waals surface area contributed by atoms with Crippen LogP contribution in [-0.4, -0.2) is 33.6 Å². The quantitative estimate of drug-likeness (QED) is 0.272. The summed E-state index contributed by atoms with van der Waals surface area (Å²) in [6.07, 6.45) is 0. The Morgan fingerprint density at radius 3 is 2.69 bits per heavy atom. The Labute approximate surface area is 82.9 Å². The molecule has 1 rings (SSSR count). The van der Waals surface area contributed by atoms with Crippen LogP contribution >= 0.6 is 11.8 Å². The maximum atomic E-state index is 8.46. The van der Waals surface area contributed by atoms with E-state index in [1.54, 1.807) is 0 Å². The van der Waals surface area contributed by atoms with Crippen LogP contribution in [0, 0.1) is 0 Å². The minimum Gasteiger partial charge on any atom is -0.409 e. The van der Waals surface area contributed by atoms with Gasteiger partial charge in [-0.2, -0.15) is 11.8 Å². The third-order valence-electron chi connectivity index (χ3n) is 2.47. The van der Waals surface area contributed by atoms with Gasteiger partial charge in [-0.05, 0) is 20.8 Å². The summed E-state index contributed by atoms with van der Waals surface area (Å²) < 4.78 is 0.268. The molecule has 0 aromatic heterocycles. The lowest BCUT2D eigenvalue weighted by Gasteiger charge is -2.45. The van der Waals surface area contributed by atoms with E-state index in [0.29, 0.717) is 6.04 Å². The SMILES string of the molecule is CC(NC1CSC1(C)C)/C(N)=N/O. The van der Waals surface area contributed by atoms with E-state index in [9.17, 15) is 0 Å². The topological polar surface area (TPSA) is 70.6 Å². The molecule has 0 radical (unpaired) electrons. The van der Waals surface area contributed by atoms with Gasteiger partial charge in [-0.1, -0.05) is 5.16 Å².